The SMILES string of the molecule is CC(C)NC(=O)N(CC(=O)N1CCn2cccc2[C@H]1c1ccc(Cl)cc1)C1CC1. The van der Waals surface area contributed by atoms with Gasteiger partial charge in [0.1, 0.15) is 6.54 Å². The van der Waals surface area contributed by atoms with Gasteiger partial charge in [0.2, 0.25) is 5.91 Å². The molecule has 7 heteroatoms. The van der Waals surface area contributed by atoms with E-state index >= 15 is 0 Å². The van der Waals surface area contributed by atoms with Crippen LogP contribution in [0.15, 0.2) is 42.6 Å². The number of carbonyl (C=O) groups excluding carboxylic acids is 2. The molecule has 2 aromatic rings. The summed E-state index contributed by atoms with van der Waals surface area (Å²) in [4.78, 5) is 29.6. The number of amides is 3. The van der Waals surface area contributed by atoms with Crippen LogP contribution in [0.4, 0.5) is 4.79 Å². The van der Waals surface area contributed by atoms with Crippen LogP contribution < -0.4 is 5.32 Å². The van der Waals surface area contributed by atoms with Crippen LogP contribution in [0.1, 0.15) is 44.0 Å². The van der Waals surface area contributed by atoms with Crippen molar-refractivity contribution in [2.75, 3.05) is 13.1 Å². The molecule has 0 saturated heterocycles. The van der Waals surface area contributed by atoms with Crippen molar-refractivity contribution < 1.29 is 9.59 Å². The Morgan fingerprint density at radius 1 is 1.17 bits per heavy atom. The fraction of sp³-hybridized carbons (Fsp3) is 0.455. The Labute approximate surface area is 176 Å². The van der Waals surface area contributed by atoms with E-state index in [-0.39, 0.29) is 36.6 Å². The van der Waals surface area contributed by atoms with E-state index in [4.69, 9.17) is 11.6 Å². The molecule has 29 heavy (non-hydrogen) atoms. The van der Waals surface area contributed by atoms with Gasteiger partial charge in [-0.1, -0.05) is 23.7 Å². The van der Waals surface area contributed by atoms with Gasteiger partial charge in [0, 0.05) is 42.1 Å². The Hall–Kier alpha value is -2.47. The molecule has 0 spiro atoms. The highest BCUT2D eigenvalue weighted by Crippen LogP contribution is 2.34. The highest BCUT2D eigenvalue weighted by molar-refractivity contribution is 6.30. The molecule has 1 fully saturated rings. The quantitative estimate of drug-likeness (QED) is 0.811. The van der Waals surface area contributed by atoms with Gasteiger partial charge in [-0.15, -0.1) is 0 Å². The minimum Gasteiger partial charge on any atom is -0.348 e. The first-order valence-corrected chi connectivity index (χ1v) is 10.6. The zero-order valence-electron chi connectivity index (χ0n) is 16.8. The maximum absolute atomic E-state index is 13.4. The molecule has 0 radical (unpaired) electrons. The number of hydrogen-bond donors (Lipinski definition) is 1. The van der Waals surface area contributed by atoms with E-state index in [1.807, 2.05) is 55.3 Å². The summed E-state index contributed by atoms with van der Waals surface area (Å²) in [6.07, 6.45) is 3.97. The van der Waals surface area contributed by atoms with Gasteiger partial charge in [-0.3, -0.25) is 4.79 Å². The summed E-state index contributed by atoms with van der Waals surface area (Å²) in [7, 11) is 0. The Morgan fingerprint density at radius 2 is 1.90 bits per heavy atom. The number of carbonyl (C=O) groups is 2. The molecule has 0 bridgehead atoms. The predicted molar refractivity (Wildman–Crippen MR) is 113 cm³/mol. The van der Waals surface area contributed by atoms with Gasteiger partial charge in [0.15, 0.2) is 0 Å². The molecular weight excluding hydrogens is 388 g/mol. The first-order valence-electron chi connectivity index (χ1n) is 10.2. The molecule has 4 rings (SSSR count). The number of benzene rings is 1. The summed E-state index contributed by atoms with van der Waals surface area (Å²) in [5.41, 5.74) is 2.10. The highest BCUT2D eigenvalue weighted by atomic mass is 35.5. The lowest BCUT2D eigenvalue weighted by Gasteiger charge is -2.38. The molecule has 3 amide bonds. The van der Waals surface area contributed by atoms with Gasteiger partial charge in [-0.25, -0.2) is 4.79 Å². The van der Waals surface area contributed by atoms with Crippen molar-refractivity contribution >= 4 is 23.5 Å². The van der Waals surface area contributed by atoms with Crippen LogP contribution in [0, 0.1) is 0 Å². The van der Waals surface area contributed by atoms with Crippen molar-refractivity contribution in [3.63, 3.8) is 0 Å². The van der Waals surface area contributed by atoms with Crippen LogP contribution in [-0.2, 0) is 11.3 Å². The predicted octanol–water partition coefficient (Wildman–Crippen LogP) is 3.66. The molecule has 1 atom stereocenters. The topological polar surface area (TPSA) is 57.6 Å². The number of rotatable bonds is 5. The molecule has 2 heterocycles. The Morgan fingerprint density at radius 3 is 2.55 bits per heavy atom. The summed E-state index contributed by atoms with van der Waals surface area (Å²) in [5, 5.41) is 3.60. The average Bonchev–Trinajstić information content (AvgIpc) is 3.41. The monoisotopic (exact) mass is 414 g/mol. The Balaban J connectivity index is 1.59. The standard InChI is InChI=1S/C22H27ClN4O2/c1-15(2)24-22(29)27(18-9-10-18)14-20(28)26-13-12-25-11-3-4-19(25)21(26)16-5-7-17(23)8-6-16/h3-8,11,15,18,21H,9-10,12-14H2,1-2H3,(H,24,29)/t21-/m1/s1. The summed E-state index contributed by atoms with van der Waals surface area (Å²) >= 11 is 6.08. The van der Waals surface area contributed by atoms with Crippen molar-refractivity contribution in [3.8, 4) is 0 Å². The van der Waals surface area contributed by atoms with Crippen LogP contribution in [0.3, 0.4) is 0 Å². The van der Waals surface area contributed by atoms with Crippen LogP contribution in [-0.4, -0.2) is 51.5 Å². The molecule has 2 aliphatic rings. The molecule has 1 aromatic heterocycles. The number of aromatic nitrogens is 1. The zero-order chi connectivity index (χ0) is 20.5. The highest BCUT2D eigenvalue weighted by Gasteiger charge is 2.38. The second kappa shape index (κ2) is 8.11. The minimum atomic E-state index is -0.183. The van der Waals surface area contributed by atoms with E-state index in [1.54, 1.807) is 4.90 Å². The van der Waals surface area contributed by atoms with Gasteiger partial charge in [0.05, 0.1) is 6.04 Å². The second-order valence-electron chi connectivity index (χ2n) is 8.13. The van der Waals surface area contributed by atoms with E-state index in [9.17, 15) is 9.59 Å². The maximum atomic E-state index is 13.4. The van der Waals surface area contributed by atoms with E-state index in [0.717, 1.165) is 30.6 Å². The first kappa shape index (κ1) is 19.8. The molecule has 1 aliphatic heterocycles. The van der Waals surface area contributed by atoms with Gasteiger partial charge in [-0.05, 0) is 56.5 Å². The summed E-state index contributed by atoms with van der Waals surface area (Å²) in [6.45, 7) is 5.33. The fourth-order valence-electron chi connectivity index (χ4n) is 3.97. The number of hydrogen-bond acceptors (Lipinski definition) is 2. The van der Waals surface area contributed by atoms with Crippen LogP contribution in [0.25, 0.3) is 0 Å². The van der Waals surface area contributed by atoms with Gasteiger partial charge in [-0.2, -0.15) is 0 Å². The number of fused-ring (bicyclic) bond motifs is 1. The number of halogens is 1. The molecule has 6 nitrogen and oxygen atoms in total. The Kier molecular flexibility index (Phi) is 5.54. The zero-order valence-corrected chi connectivity index (χ0v) is 17.6. The lowest BCUT2D eigenvalue weighted by Crippen LogP contribution is -2.51. The van der Waals surface area contributed by atoms with Crippen LogP contribution in [0.2, 0.25) is 5.02 Å². The van der Waals surface area contributed by atoms with Crippen LogP contribution in [0.5, 0.6) is 0 Å². The third kappa shape index (κ3) is 4.27. The van der Waals surface area contributed by atoms with E-state index < -0.39 is 0 Å². The third-order valence-electron chi connectivity index (χ3n) is 5.51. The van der Waals surface area contributed by atoms with E-state index in [1.165, 1.54) is 0 Å². The molecule has 1 N–H and O–H groups in total. The fourth-order valence-corrected chi connectivity index (χ4v) is 4.09. The van der Waals surface area contributed by atoms with Gasteiger partial charge >= 0.3 is 6.03 Å². The number of nitrogens with one attached hydrogen (secondary N) is 1. The lowest BCUT2D eigenvalue weighted by atomic mass is 10.00. The second-order valence-corrected chi connectivity index (χ2v) is 8.57. The summed E-state index contributed by atoms with van der Waals surface area (Å²) in [6, 6.07) is 11.6. The van der Waals surface area contributed by atoms with E-state index in [0.29, 0.717) is 11.6 Å². The van der Waals surface area contributed by atoms with E-state index in [2.05, 4.69) is 16.0 Å². The molecule has 1 aliphatic carbocycles. The van der Waals surface area contributed by atoms with Crippen molar-refractivity contribution in [3.05, 3.63) is 58.9 Å². The van der Waals surface area contributed by atoms with Gasteiger partial charge in [0.25, 0.3) is 0 Å². The number of nitrogens with zero attached hydrogens (tertiary/aromatic N) is 3. The summed E-state index contributed by atoms with van der Waals surface area (Å²) < 4.78 is 2.19. The normalized spacial score (nSPS) is 18.5. The molecule has 1 saturated carbocycles. The van der Waals surface area contributed by atoms with Crippen molar-refractivity contribution in [2.24, 2.45) is 0 Å². The number of urea groups is 1. The Bertz CT molecular complexity index is 888. The maximum Gasteiger partial charge on any atom is 0.318 e. The first-order chi connectivity index (χ1) is 13.9. The van der Waals surface area contributed by atoms with Crippen molar-refractivity contribution in [1.82, 2.24) is 19.7 Å². The average molecular weight is 415 g/mol. The van der Waals surface area contributed by atoms with Crippen molar-refractivity contribution in [1.29, 1.82) is 0 Å². The molecular formula is C22H27ClN4O2. The molecule has 1 aromatic carbocycles. The van der Waals surface area contributed by atoms with Crippen LogP contribution >= 0.6 is 11.6 Å². The molecule has 0 unspecified atom stereocenters. The lowest BCUT2D eigenvalue weighted by molar-refractivity contribution is -0.134. The molecule has 154 valence electrons. The van der Waals surface area contributed by atoms with Crippen molar-refractivity contribution in [2.45, 2.75) is 51.4 Å². The van der Waals surface area contributed by atoms with Gasteiger partial charge < -0.3 is 19.7 Å². The smallest absolute Gasteiger partial charge is 0.318 e. The largest absolute Gasteiger partial charge is 0.348 e. The summed E-state index contributed by atoms with van der Waals surface area (Å²) in [5.74, 6) is -0.0248. The minimum absolute atomic E-state index is 0.0248. The third-order valence-corrected chi connectivity index (χ3v) is 5.76.